The van der Waals surface area contributed by atoms with Gasteiger partial charge in [0.1, 0.15) is 22.1 Å². The van der Waals surface area contributed by atoms with Gasteiger partial charge in [-0.2, -0.15) is 0 Å². The first-order valence-electron chi connectivity index (χ1n) is 7.42. The zero-order valence-corrected chi connectivity index (χ0v) is 13.7. The van der Waals surface area contributed by atoms with Gasteiger partial charge in [-0.3, -0.25) is 4.98 Å². The summed E-state index contributed by atoms with van der Waals surface area (Å²) in [6.07, 6.45) is 7.68. The Hall–Kier alpha value is -2.87. The summed E-state index contributed by atoms with van der Waals surface area (Å²) in [6.45, 7) is 0.756. The number of nitrogens with zero attached hydrogens (tertiary/aromatic N) is 6. The Balaban J connectivity index is 1.75. The van der Waals surface area contributed by atoms with Crippen molar-refractivity contribution in [2.75, 3.05) is 18.5 Å². The molecule has 0 unspecified atom stereocenters. The Morgan fingerprint density at radius 1 is 1.25 bits per heavy atom. The van der Waals surface area contributed by atoms with Crippen molar-refractivity contribution >= 4 is 22.9 Å². The highest BCUT2D eigenvalue weighted by Crippen LogP contribution is 2.32. The number of hydrogen-bond acceptors (Lipinski definition) is 8. The average molecular weight is 338 g/mol. The maximum absolute atomic E-state index is 9.22. The number of rotatable bonds is 2. The Kier molecular flexibility index (Phi) is 3.66. The molecule has 8 heteroatoms. The molecule has 0 aromatic carbocycles. The molecule has 0 saturated carbocycles. The number of aromatic nitrogens is 4. The zero-order valence-electron chi connectivity index (χ0n) is 12.9. The first-order chi connectivity index (χ1) is 11.8. The van der Waals surface area contributed by atoms with Gasteiger partial charge >= 0.3 is 0 Å². The molecule has 1 N–H and O–H groups in total. The van der Waals surface area contributed by atoms with Crippen LogP contribution in [-0.4, -0.2) is 44.4 Å². The van der Waals surface area contributed by atoms with Gasteiger partial charge in [-0.15, -0.1) is 11.3 Å². The largest absolute Gasteiger partial charge is 0.411 e. The van der Waals surface area contributed by atoms with Crippen molar-refractivity contribution in [3.05, 3.63) is 42.6 Å². The van der Waals surface area contributed by atoms with Gasteiger partial charge in [-0.25, -0.2) is 15.0 Å². The van der Waals surface area contributed by atoms with E-state index in [-0.39, 0.29) is 0 Å². The van der Waals surface area contributed by atoms with Crippen LogP contribution in [0.4, 0.5) is 5.82 Å². The molecule has 0 amide bonds. The van der Waals surface area contributed by atoms with Gasteiger partial charge in [-0.05, 0) is 12.1 Å². The van der Waals surface area contributed by atoms with Crippen LogP contribution in [0.5, 0.6) is 0 Å². The summed E-state index contributed by atoms with van der Waals surface area (Å²) < 4.78 is 0. The standard InChI is InChI=1S/C16H14N6OS/c1-22-6-4-11(21-23)14-15(22)18-8-12(20-14)13-9-19-16(24-13)10-3-2-5-17-7-10/h2-3,5,7-9,23H,4,6H2,1H3/b21-11+. The van der Waals surface area contributed by atoms with Gasteiger partial charge in [0.05, 0.1) is 11.1 Å². The molecule has 0 saturated heterocycles. The first-order valence-corrected chi connectivity index (χ1v) is 8.24. The second-order valence-corrected chi connectivity index (χ2v) is 6.45. The Labute approximate surface area is 142 Å². The summed E-state index contributed by atoms with van der Waals surface area (Å²) in [5.74, 6) is 0.731. The highest BCUT2D eigenvalue weighted by Gasteiger charge is 2.23. The molecule has 0 radical (unpaired) electrons. The fourth-order valence-corrected chi connectivity index (χ4v) is 3.45. The molecule has 0 spiro atoms. The van der Waals surface area contributed by atoms with Crippen molar-refractivity contribution in [1.29, 1.82) is 0 Å². The van der Waals surface area contributed by atoms with Crippen LogP contribution in [0, 0.1) is 0 Å². The van der Waals surface area contributed by atoms with Crippen molar-refractivity contribution in [2.24, 2.45) is 5.16 Å². The lowest BCUT2D eigenvalue weighted by Gasteiger charge is -2.25. The maximum atomic E-state index is 9.22. The molecule has 0 aliphatic carbocycles. The van der Waals surface area contributed by atoms with Crippen LogP contribution in [0.2, 0.25) is 0 Å². The van der Waals surface area contributed by atoms with E-state index >= 15 is 0 Å². The second kappa shape index (κ2) is 5.97. The molecule has 3 aromatic heterocycles. The SMILES string of the molecule is CN1CC/C(=N\O)c2nc(-c3cnc(-c4cccnc4)s3)cnc21. The van der Waals surface area contributed by atoms with Gasteiger partial charge in [0.15, 0.2) is 5.82 Å². The smallest absolute Gasteiger partial charge is 0.156 e. The van der Waals surface area contributed by atoms with E-state index in [0.717, 1.165) is 33.5 Å². The van der Waals surface area contributed by atoms with Crippen molar-refractivity contribution < 1.29 is 5.21 Å². The molecule has 1 aliphatic rings. The lowest BCUT2D eigenvalue weighted by molar-refractivity contribution is 0.317. The highest BCUT2D eigenvalue weighted by atomic mass is 32.1. The molecule has 0 bridgehead atoms. The van der Waals surface area contributed by atoms with Gasteiger partial charge < -0.3 is 10.1 Å². The average Bonchev–Trinajstić information content (AvgIpc) is 3.13. The third-order valence-electron chi connectivity index (χ3n) is 3.86. The molecule has 4 heterocycles. The predicted molar refractivity (Wildman–Crippen MR) is 92.6 cm³/mol. The molecule has 120 valence electrons. The fraction of sp³-hybridized carbons (Fsp3) is 0.188. The quantitative estimate of drug-likeness (QED) is 0.571. The van der Waals surface area contributed by atoms with E-state index in [1.165, 1.54) is 11.3 Å². The van der Waals surface area contributed by atoms with Crippen LogP contribution < -0.4 is 4.90 Å². The van der Waals surface area contributed by atoms with Crippen LogP contribution in [0.15, 0.2) is 42.1 Å². The predicted octanol–water partition coefficient (Wildman–Crippen LogP) is 2.68. The molecule has 7 nitrogen and oxygen atoms in total. The van der Waals surface area contributed by atoms with E-state index in [2.05, 4.69) is 25.1 Å². The zero-order chi connectivity index (χ0) is 16.5. The van der Waals surface area contributed by atoms with E-state index in [0.29, 0.717) is 17.8 Å². The molecule has 0 fully saturated rings. The summed E-state index contributed by atoms with van der Waals surface area (Å²) in [6, 6.07) is 3.86. The van der Waals surface area contributed by atoms with Gasteiger partial charge in [0, 0.05) is 44.2 Å². The van der Waals surface area contributed by atoms with Crippen LogP contribution in [0.3, 0.4) is 0 Å². The van der Waals surface area contributed by atoms with Crippen molar-refractivity contribution in [3.8, 4) is 21.1 Å². The van der Waals surface area contributed by atoms with Crippen LogP contribution in [0.1, 0.15) is 12.1 Å². The monoisotopic (exact) mass is 338 g/mol. The van der Waals surface area contributed by atoms with Crippen LogP contribution in [-0.2, 0) is 0 Å². The molecule has 4 rings (SSSR count). The van der Waals surface area contributed by atoms with E-state index in [1.807, 2.05) is 24.1 Å². The number of fused-ring (bicyclic) bond motifs is 1. The van der Waals surface area contributed by atoms with Crippen molar-refractivity contribution in [3.63, 3.8) is 0 Å². The summed E-state index contributed by atoms with van der Waals surface area (Å²) in [7, 11) is 1.95. The summed E-state index contributed by atoms with van der Waals surface area (Å²) in [5.41, 5.74) is 2.88. The molecule has 24 heavy (non-hydrogen) atoms. The number of hydrogen-bond donors (Lipinski definition) is 1. The topological polar surface area (TPSA) is 87.4 Å². The van der Waals surface area contributed by atoms with Crippen LogP contribution in [0.25, 0.3) is 21.1 Å². The van der Waals surface area contributed by atoms with E-state index in [4.69, 9.17) is 0 Å². The fourth-order valence-electron chi connectivity index (χ4n) is 2.58. The van der Waals surface area contributed by atoms with E-state index in [1.54, 1.807) is 24.8 Å². The number of thiazole rings is 1. The number of anilines is 1. The van der Waals surface area contributed by atoms with E-state index < -0.39 is 0 Å². The van der Waals surface area contributed by atoms with E-state index in [9.17, 15) is 5.21 Å². The van der Waals surface area contributed by atoms with Crippen molar-refractivity contribution in [2.45, 2.75) is 6.42 Å². The Morgan fingerprint density at radius 3 is 2.96 bits per heavy atom. The van der Waals surface area contributed by atoms with Gasteiger partial charge in [0.2, 0.25) is 0 Å². The normalized spacial score (nSPS) is 15.5. The second-order valence-electron chi connectivity index (χ2n) is 5.42. The highest BCUT2D eigenvalue weighted by molar-refractivity contribution is 7.18. The molecule has 3 aromatic rings. The minimum atomic E-state index is 0.564. The molecular weight excluding hydrogens is 324 g/mol. The van der Waals surface area contributed by atoms with Crippen LogP contribution >= 0.6 is 11.3 Å². The third kappa shape index (κ3) is 2.50. The summed E-state index contributed by atoms with van der Waals surface area (Å²) in [4.78, 5) is 20.6. The summed E-state index contributed by atoms with van der Waals surface area (Å²) >= 11 is 1.53. The summed E-state index contributed by atoms with van der Waals surface area (Å²) in [5, 5.41) is 13.5. The lowest BCUT2D eigenvalue weighted by Crippen LogP contribution is -2.30. The molecular formula is C16H14N6OS. The Bertz CT molecular complexity index is 908. The minimum absolute atomic E-state index is 0.564. The minimum Gasteiger partial charge on any atom is -0.411 e. The first kappa shape index (κ1) is 14.7. The van der Waals surface area contributed by atoms with Gasteiger partial charge in [-0.1, -0.05) is 5.16 Å². The molecule has 1 aliphatic heterocycles. The number of pyridine rings is 1. The van der Waals surface area contributed by atoms with Crippen molar-refractivity contribution in [1.82, 2.24) is 19.9 Å². The van der Waals surface area contributed by atoms with Gasteiger partial charge in [0.25, 0.3) is 0 Å². The Morgan fingerprint density at radius 2 is 2.17 bits per heavy atom. The maximum Gasteiger partial charge on any atom is 0.156 e. The number of oxime groups is 1. The third-order valence-corrected chi connectivity index (χ3v) is 4.93. The lowest BCUT2D eigenvalue weighted by atomic mass is 10.1. The molecule has 0 atom stereocenters.